The molecule has 1 aromatic carbocycles. The summed E-state index contributed by atoms with van der Waals surface area (Å²) in [4.78, 5) is 11.6. The SMILES string of the molecule is CC[C@](C)(Oc1ccc(Br)cc1)C(=O)OC. The molecule has 1 rings (SSSR count). The molecular formula is C12H15BrO3. The van der Waals surface area contributed by atoms with Crippen LogP contribution < -0.4 is 4.74 Å². The monoisotopic (exact) mass is 286 g/mol. The van der Waals surface area contributed by atoms with Crippen molar-refractivity contribution in [3.63, 3.8) is 0 Å². The molecule has 3 nitrogen and oxygen atoms in total. The summed E-state index contributed by atoms with van der Waals surface area (Å²) in [6.07, 6.45) is 0.551. The van der Waals surface area contributed by atoms with Crippen molar-refractivity contribution in [1.29, 1.82) is 0 Å². The minimum Gasteiger partial charge on any atom is -0.476 e. The molecule has 1 atom stereocenters. The van der Waals surface area contributed by atoms with Gasteiger partial charge in [0.2, 0.25) is 5.60 Å². The summed E-state index contributed by atoms with van der Waals surface area (Å²) in [6, 6.07) is 7.34. The number of halogens is 1. The lowest BCUT2D eigenvalue weighted by Gasteiger charge is -2.26. The van der Waals surface area contributed by atoms with Gasteiger partial charge in [-0.15, -0.1) is 0 Å². The van der Waals surface area contributed by atoms with Crippen LogP contribution in [0.5, 0.6) is 5.75 Å². The van der Waals surface area contributed by atoms with Gasteiger partial charge >= 0.3 is 5.97 Å². The standard InChI is InChI=1S/C12H15BrO3/c1-4-12(2,11(14)15-3)16-10-7-5-9(13)6-8-10/h5-8H,4H2,1-3H3/t12-/m0/s1. The van der Waals surface area contributed by atoms with Gasteiger partial charge in [-0.25, -0.2) is 4.79 Å². The average Bonchev–Trinajstić information content (AvgIpc) is 2.31. The summed E-state index contributed by atoms with van der Waals surface area (Å²) in [6.45, 7) is 3.61. The normalized spacial score (nSPS) is 14.0. The number of hydrogen-bond donors (Lipinski definition) is 0. The van der Waals surface area contributed by atoms with E-state index in [1.54, 1.807) is 19.1 Å². The van der Waals surface area contributed by atoms with Gasteiger partial charge in [-0.05, 0) is 37.6 Å². The molecular weight excluding hydrogens is 272 g/mol. The van der Waals surface area contributed by atoms with Crippen molar-refractivity contribution >= 4 is 21.9 Å². The zero-order valence-electron chi connectivity index (χ0n) is 9.62. The third kappa shape index (κ3) is 2.98. The van der Waals surface area contributed by atoms with E-state index in [0.29, 0.717) is 12.2 Å². The first-order chi connectivity index (χ1) is 7.51. The predicted octanol–water partition coefficient (Wildman–Crippen LogP) is 3.17. The Morgan fingerprint density at radius 2 is 1.94 bits per heavy atom. The first kappa shape index (κ1) is 13.0. The second-order valence-electron chi connectivity index (χ2n) is 3.63. The van der Waals surface area contributed by atoms with Crippen LogP contribution in [-0.2, 0) is 9.53 Å². The van der Waals surface area contributed by atoms with Gasteiger partial charge < -0.3 is 9.47 Å². The lowest BCUT2D eigenvalue weighted by molar-refractivity contribution is -0.157. The molecule has 4 heteroatoms. The Balaban J connectivity index is 2.84. The highest BCUT2D eigenvalue weighted by Crippen LogP contribution is 2.24. The van der Waals surface area contributed by atoms with Gasteiger partial charge in [0.25, 0.3) is 0 Å². The Morgan fingerprint density at radius 1 is 1.38 bits per heavy atom. The Labute approximate surface area is 104 Å². The molecule has 16 heavy (non-hydrogen) atoms. The van der Waals surface area contributed by atoms with Crippen molar-refractivity contribution in [1.82, 2.24) is 0 Å². The van der Waals surface area contributed by atoms with E-state index in [4.69, 9.17) is 9.47 Å². The van der Waals surface area contributed by atoms with Crippen molar-refractivity contribution < 1.29 is 14.3 Å². The van der Waals surface area contributed by atoms with Crippen LogP contribution in [-0.4, -0.2) is 18.7 Å². The number of ether oxygens (including phenoxy) is 2. The predicted molar refractivity (Wildman–Crippen MR) is 65.5 cm³/mol. The van der Waals surface area contributed by atoms with Gasteiger partial charge in [-0.1, -0.05) is 22.9 Å². The number of benzene rings is 1. The highest BCUT2D eigenvalue weighted by atomic mass is 79.9. The topological polar surface area (TPSA) is 35.5 Å². The summed E-state index contributed by atoms with van der Waals surface area (Å²) in [5.41, 5.74) is -0.928. The van der Waals surface area contributed by atoms with Crippen LogP contribution in [0, 0.1) is 0 Å². The number of hydrogen-bond acceptors (Lipinski definition) is 3. The molecule has 0 aromatic heterocycles. The molecule has 1 aromatic rings. The van der Waals surface area contributed by atoms with Crippen LogP contribution >= 0.6 is 15.9 Å². The first-order valence-corrected chi connectivity index (χ1v) is 5.84. The number of methoxy groups -OCH3 is 1. The number of esters is 1. The molecule has 0 aliphatic carbocycles. The van der Waals surface area contributed by atoms with Gasteiger partial charge in [0.1, 0.15) is 5.75 Å². The van der Waals surface area contributed by atoms with Crippen molar-refractivity contribution in [2.24, 2.45) is 0 Å². The lowest BCUT2D eigenvalue weighted by atomic mass is 10.0. The fraction of sp³-hybridized carbons (Fsp3) is 0.417. The Kier molecular flexibility index (Phi) is 4.35. The van der Waals surface area contributed by atoms with Gasteiger partial charge in [-0.3, -0.25) is 0 Å². The molecule has 0 amide bonds. The quantitative estimate of drug-likeness (QED) is 0.798. The first-order valence-electron chi connectivity index (χ1n) is 5.05. The largest absolute Gasteiger partial charge is 0.476 e. The summed E-state index contributed by atoms with van der Waals surface area (Å²) in [5.74, 6) is 0.288. The van der Waals surface area contributed by atoms with Crippen molar-refractivity contribution in [3.8, 4) is 5.75 Å². The molecule has 0 unspecified atom stereocenters. The van der Waals surface area contributed by atoms with Crippen LogP contribution in [0.15, 0.2) is 28.7 Å². The molecule has 88 valence electrons. The second kappa shape index (κ2) is 5.34. The number of carbonyl (C=O) groups excluding carboxylic acids is 1. The molecule has 0 aliphatic rings. The Bertz CT molecular complexity index is 361. The molecule has 0 saturated heterocycles. The van der Waals surface area contributed by atoms with E-state index in [2.05, 4.69) is 15.9 Å². The molecule has 0 heterocycles. The number of carbonyl (C=O) groups is 1. The van der Waals surface area contributed by atoms with E-state index in [0.717, 1.165) is 4.47 Å². The second-order valence-corrected chi connectivity index (χ2v) is 4.55. The summed E-state index contributed by atoms with van der Waals surface area (Å²) in [5, 5.41) is 0. The highest BCUT2D eigenvalue weighted by Gasteiger charge is 2.34. The Hall–Kier alpha value is -1.03. The zero-order valence-corrected chi connectivity index (χ0v) is 11.2. The third-order valence-electron chi connectivity index (χ3n) is 2.45. The fourth-order valence-corrected chi connectivity index (χ4v) is 1.50. The van der Waals surface area contributed by atoms with Crippen molar-refractivity contribution in [2.75, 3.05) is 7.11 Å². The number of rotatable bonds is 4. The van der Waals surface area contributed by atoms with E-state index in [1.165, 1.54) is 7.11 Å². The zero-order chi connectivity index (χ0) is 12.2. The van der Waals surface area contributed by atoms with Gasteiger partial charge in [0, 0.05) is 4.47 Å². The maximum atomic E-state index is 11.6. The van der Waals surface area contributed by atoms with Gasteiger partial charge in [0.05, 0.1) is 7.11 Å². The molecule has 0 saturated carbocycles. The van der Waals surface area contributed by atoms with E-state index in [1.807, 2.05) is 19.1 Å². The molecule has 0 N–H and O–H groups in total. The maximum absolute atomic E-state index is 11.6. The fourth-order valence-electron chi connectivity index (χ4n) is 1.24. The summed E-state index contributed by atoms with van der Waals surface area (Å²) >= 11 is 3.34. The third-order valence-corrected chi connectivity index (χ3v) is 2.98. The molecule has 0 bridgehead atoms. The Morgan fingerprint density at radius 3 is 2.38 bits per heavy atom. The molecule has 0 fully saturated rings. The average molecular weight is 287 g/mol. The summed E-state index contributed by atoms with van der Waals surface area (Å²) in [7, 11) is 1.36. The van der Waals surface area contributed by atoms with Crippen molar-refractivity contribution in [3.05, 3.63) is 28.7 Å². The minimum absolute atomic E-state index is 0.363. The van der Waals surface area contributed by atoms with Crippen LogP contribution in [0.1, 0.15) is 20.3 Å². The van der Waals surface area contributed by atoms with E-state index in [9.17, 15) is 4.79 Å². The molecule has 0 radical (unpaired) electrons. The van der Waals surface area contributed by atoms with Crippen molar-refractivity contribution in [2.45, 2.75) is 25.9 Å². The van der Waals surface area contributed by atoms with E-state index < -0.39 is 5.60 Å². The van der Waals surface area contributed by atoms with Crippen LogP contribution in [0.25, 0.3) is 0 Å². The smallest absolute Gasteiger partial charge is 0.349 e. The molecule has 0 spiro atoms. The van der Waals surface area contributed by atoms with Crippen LogP contribution in [0.3, 0.4) is 0 Å². The summed E-state index contributed by atoms with van der Waals surface area (Å²) < 4.78 is 11.4. The lowest BCUT2D eigenvalue weighted by Crippen LogP contribution is -2.41. The molecule has 0 aliphatic heterocycles. The van der Waals surface area contributed by atoms with E-state index >= 15 is 0 Å². The van der Waals surface area contributed by atoms with Gasteiger partial charge in [0.15, 0.2) is 0 Å². The maximum Gasteiger partial charge on any atom is 0.349 e. The highest BCUT2D eigenvalue weighted by molar-refractivity contribution is 9.10. The minimum atomic E-state index is -0.928. The van der Waals surface area contributed by atoms with E-state index in [-0.39, 0.29) is 5.97 Å². The van der Waals surface area contributed by atoms with Gasteiger partial charge in [-0.2, -0.15) is 0 Å². The van der Waals surface area contributed by atoms with Crippen LogP contribution in [0.4, 0.5) is 0 Å². The van der Waals surface area contributed by atoms with Crippen LogP contribution in [0.2, 0.25) is 0 Å².